The molecule has 0 bridgehead atoms. The van der Waals surface area contributed by atoms with Crippen molar-refractivity contribution in [2.24, 2.45) is 16.6 Å². The van der Waals surface area contributed by atoms with E-state index in [2.05, 4.69) is 4.99 Å². The summed E-state index contributed by atoms with van der Waals surface area (Å²) in [7, 11) is 0. The summed E-state index contributed by atoms with van der Waals surface area (Å²) in [5.74, 6) is -0.737. The molecule has 0 aromatic carbocycles. The molecule has 19 heavy (non-hydrogen) atoms. The van der Waals surface area contributed by atoms with E-state index in [1.54, 1.807) is 4.90 Å². The number of hydrogen-bond acceptors (Lipinski definition) is 1. The summed E-state index contributed by atoms with van der Waals surface area (Å²) >= 11 is 0. The van der Waals surface area contributed by atoms with Crippen molar-refractivity contribution < 1.29 is 13.2 Å². The molecule has 0 atom stereocenters. The molecule has 2 rings (SSSR count). The molecule has 2 fully saturated rings. The number of likely N-dealkylation sites (tertiary alicyclic amines) is 1. The molecule has 0 amide bonds. The zero-order valence-electron chi connectivity index (χ0n) is 11.1. The van der Waals surface area contributed by atoms with Gasteiger partial charge in [0.1, 0.15) is 0 Å². The topological polar surface area (TPSA) is 41.6 Å². The van der Waals surface area contributed by atoms with Gasteiger partial charge in [-0.25, -0.2) is 4.99 Å². The predicted molar refractivity (Wildman–Crippen MR) is 68.8 cm³/mol. The number of nitrogens with two attached hydrogens (primary N) is 1. The quantitative estimate of drug-likeness (QED) is 0.591. The van der Waals surface area contributed by atoms with E-state index in [0.29, 0.717) is 19.0 Å². The first-order valence-electron chi connectivity index (χ1n) is 7.12. The molecule has 0 aromatic heterocycles. The summed E-state index contributed by atoms with van der Waals surface area (Å²) in [4.78, 5) is 6.29. The van der Waals surface area contributed by atoms with Gasteiger partial charge in [-0.3, -0.25) is 0 Å². The Bertz CT molecular complexity index is 314. The molecule has 3 nitrogen and oxygen atoms in total. The fraction of sp³-hybridized carbons (Fsp3) is 0.923. The molecule has 2 aliphatic rings. The van der Waals surface area contributed by atoms with Gasteiger partial charge in [0.2, 0.25) is 0 Å². The molecule has 1 aliphatic heterocycles. The fourth-order valence-corrected chi connectivity index (χ4v) is 2.91. The summed E-state index contributed by atoms with van der Waals surface area (Å²) in [5, 5.41) is 0. The minimum atomic E-state index is -4.07. The number of hydrogen-bond donors (Lipinski definition) is 1. The van der Waals surface area contributed by atoms with Crippen LogP contribution < -0.4 is 5.73 Å². The Labute approximate surface area is 112 Å². The van der Waals surface area contributed by atoms with Gasteiger partial charge >= 0.3 is 6.18 Å². The lowest BCUT2D eigenvalue weighted by molar-refractivity contribution is -0.183. The van der Waals surface area contributed by atoms with Crippen LogP contribution in [0.25, 0.3) is 0 Å². The number of aliphatic imine (C=N–C) groups is 1. The van der Waals surface area contributed by atoms with Gasteiger partial charge in [0.25, 0.3) is 0 Å². The van der Waals surface area contributed by atoms with E-state index in [-0.39, 0.29) is 18.9 Å². The van der Waals surface area contributed by atoms with E-state index in [4.69, 9.17) is 5.73 Å². The third-order valence-electron chi connectivity index (χ3n) is 4.17. The maximum absolute atomic E-state index is 12.6. The van der Waals surface area contributed by atoms with Crippen LogP contribution in [0.1, 0.15) is 44.9 Å². The number of piperidine rings is 1. The zero-order chi connectivity index (χ0) is 13.9. The average Bonchev–Trinajstić information content (AvgIpc) is 2.39. The van der Waals surface area contributed by atoms with Crippen molar-refractivity contribution in [3.05, 3.63) is 0 Å². The molecule has 1 aliphatic carbocycles. The third-order valence-corrected chi connectivity index (χ3v) is 4.17. The Hall–Kier alpha value is -0.940. The van der Waals surface area contributed by atoms with Crippen molar-refractivity contribution in [2.45, 2.75) is 57.2 Å². The highest BCUT2D eigenvalue weighted by molar-refractivity contribution is 5.78. The van der Waals surface area contributed by atoms with Gasteiger partial charge in [-0.1, -0.05) is 19.3 Å². The molecule has 0 radical (unpaired) electrons. The first-order valence-corrected chi connectivity index (χ1v) is 7.12. The van der Waals surface area contributed by atoms with E-state index in [9.17, 15) is 13.2 Å². The Balaban J connectivity index is 1.84. The summed E-state index contributed by atoms with van der Waals surface area (Å²) in [5.41, 5.74) is 5.93. The number of nitrogens with zero attached hydrogens (tertiary/aromatic N) is 2. The van der Waals surface area contributed by atoms with Gasteiger partial charge in [-0.05, 0) is 25.7 Å². The molecule has 110 valence electrons. The van der Waals surface area contributed by atoms with Gasteiger partial charge < -0.3 is 10.6 Å². The van der Waals surface area contributed by atoms with Crippen molar-refractivity contribution >= 4 is 5.96 Å². The predicted octanol–water partition coefficient (Wildman–Crippen LogP) is 2.91. The van der Waals surface area contributed by atoms with Crippen molar-refractivity contribution in [3.8, 4) is 0 Å². The minimum absolute atomic E-state index is 0.129. The fourth-order valence-electron chi connectivity index (χ4n) is 2.91. The second kappa shape index (κ2) is 6.01. The molecule has 1 saturated carbocycles. The van der Waals surface area contributed by atoms with Crippen LogP contribution in [0.4, 0.5) is 13.2 Å². The van der Waals surface area contributed by atoms with Gasteiger partial charge in [0.15, 0.2) is 5.96 Å². The number of rotatable bonds is 1. The third kappa shape index (κ3) is 4.01. The molecule has 1 heterocycles. The number of alkyl halides is 3. The average molecular weight is 277 g/mol. The van der Waals surface area contributed by atoms with E-state index in [1.165, 1.54) is 19.3 Å². The Morgan fingerprint density at radius 3 is 2.11 bits per heavy atom. The largest absolute Gasteiger partial charge is 0.391 e. The monoisotopic (exact) mass is 277 g/mol. The van der Waals surface area contributed by atoms with Crippen LogP contribution in [-0.2, 0) is 0 Å². The van der Waals surface area contributed by atoms with Crippen LogP contribution in [0.3, 0.4) is 0 Å². The van der Waals surface area contributed by atoms with Gasteiger partial charge in [0, 0.05) is 13.1 Å². The van der Waals surface area contributed by atoms with Crippen molar-refractivity contribution in [2.75, 3.05) is 13.1 Å². The highest BCUT2D eigenvalue weighted by Crippen LogP contribution is 2.34. The molecule has 0 spiro atoms. The standard InChI is InChI=1S/C13H22F3N3/c14-13(15,16)10-6-8-19(9-7-10)12(17)18-11-4-2-1-3-5-11/h10-11H,1-9H2,(H2,17,18). The highest BCUT2D eigenvalue weighted by atomic mass is 19.4. The molecular weight excluding hydrogens is 255 g/mol. The molecule has 2 N–H and O–H groups in total. The lowest BCUT2D eigenvalue weighted by atomic mass is 9.95. The van der Waals surface area contributed by atoms with Crippen molar-refractivity contribution in [1.29, 1.82) is 0 Å². The summed E-state index contributed by atoms with van der Waals surface area (Å²) in [6.45, 7) is 0.735. The van der Waals surface area contributed by atoms with Gasteiger partial charge in [0.05, 0.1) is 12.0 Å². The maximum Gasteiger partial charge on any atom is 0.391 e. The molecule has 0 aromatic rings. The molecule has 1 saturated heterocycles. The summed E-state index contributed by atoms with van der Waals surface area (Å²) < 4.78 is 37.7. The number of guanidine groups is 1. The Kier molecular flexibility index (Phi) is 4.58. The van der Waals surface area contributed by atoms with Gasteiger partial charge in [-0.15, -0.1) is 0 Å². The summed E-state index contributed by atoms with van der Waals surface area (Å²) in [6, 6.07) is 0.272. The van der Waals surface area contributed by atoms with E-state index in [1.807, 2.05) is 0 Å². The van der Waals surface area contributed by atoms with Crippen LogP contribution in [-0.4, -0.2) is 36.2 Å². The first-order chi connectivity index (χ1) is 8.97. The van der Waals surface area contributed by atoms with Crippen molar-refractivity contribution in [1.82, 2.24) is 4.90 Å². The molecule has 0 unspecified atom stereocenters. The van der Waals surface area contributed by atoms with E-state index in [0.717, 1.165) is 12.8 Å². The second-order valence-corrected chi connectivity index (χ2v) is 5.58. The summed E-state index contributed by atoms with van der Waals surface area (Å²) in [6.07, 6.45) is 1.91. The van der Waals surface area contributed by atoms with Crippen LogP contribution in [0, 0.1) is 5.92 Å². The lowest BCUT2D eigenvalue weighted by Crippen LogP contribution is -2.45. The first kappa shape index (κ1) is 14.5. The van der Waals surface area contributed by atoms with E-state index >= 15 is 0 Å². The molecular formula is C13H22F3N3. The second-order valence-electron chi connectivity index (χ2n) is 5.58. The molecule has 6 heteroatoms. The van der Waals surface area contributed by atoms with Crippen LogP contribution in [0.15, 0.2) is 4.99 Å². The smallest absolute Gasteiger partial charge is 0.370 e. The SMILES string of the molecule is NC(=NC1CCCCC1)N1CCC(C(F)(F)F)CC1. The van der Waals surface area contributed by atoms with Crippen LogP contribution in [0.2, 0.25) is 0 Å². The van der Waals surface area contributed by atoms with E-state index < -0.39 is 12.1 Å². The zero-order valence-corrected chi connectivity index (χ0v) is 11.1. The Morgan fingerprint density at radius 2 is 1.58 bits per heavy atom. The lowest BCUT2D eigenvalue weighted by Gasteiger charge is -2.34. The normalized spacial score (nSPS) is 24.8. The van der Waals surface area contributed by atoms with Crippen LogP contribution >= 0.6 is 0 Å². The van der Waals surface area contributed by atoms with Crippen molar-refractivity contribution in [3.63, 3.8) is 0 Å². The van der Waals surface area contributed by atoms with Gasteiger partial charge in [-0.2, -0.15) is 13.2 Å². The maximum atomic E-state index is 12.6. The minimum Gasteiger partial charge on any atom is -0.370 e. The number of halogens is 3. The Morgan fingerprint density at radius 1 is 1.00 bits per heavy atom. The van der Waals surface area contributed by atoms with Crippen LogP contribution in [0.5, 0.6) is 0 Å². The highest BCUT2D eigenvalue weighted by Gasteiger charge is 2.41.